The summed E-state index contributed by atoms with van der Waals surface area (Å²) in [5.74, 6) is -1.45. The minimum absolute atomic E-state index is 0.0972. The number of benzene rings is 1. The van der Waals surface area contributed by atoms with E-state index in [4.69, 9.17) is 0 Å². The van der Waals surface area contributed by atoms with Gasteiger partial charge in [-0.15, -0.1) is 0 Å². The van der Waals surface area contributed by atoms with Crippen molar-refractivity contribution >= 4 is 44.6 Å². The Morgan fingerprint density at radius 1 is 1.24 bits per heavy atom. The van der Waals surface area contributed by atoms with Crippen molar-refractivity contribution in [3.05, 3.63) is 34.2 Å². The fraction of sp³-hybridized carbons (Fsp3) is 0.478. The van der Waals surface area contributed by atoms with E-state index in [1.165, 1.54) is 6.07 Å². The van der Waals surface area contributed by atoms with E-state index in [2.05, 4.69) is 42.9 Å². The van der Waals surface area contributed by atoms with E-state index in [9.17, 15) is 24.0 Å². The number of carbonyl (C=O) groups excluding carboxylic acids is 3. The van der Waals surface area contributed by atoms with E-state index in [0.717, 1.165) is 19.3 Å². The summed E-state index contributed by atoms with van der Waals surface area (Å²) in [6, 6.07) is 4.90. The quantitative estimate of drug-likeness (QED) is 0.429. The zero-order valence-corrected chi connectivity index (χ0v) is 19.5. The SMILES string of the molecule is N#CC(C[C@@H]1CCCNC1=O)NC(=O)C(CC1CC1)NC(=O)c1cc2ccc(F)c(Br)c2[nH]1. The second-order valence-electron chi connectivity index (χ2n) is 8.77. The molecule has 10 heteroatoms. The highest BCUT2D eigenvalue weighted by Crippen LogP contribution is 2.34. The summed E-state index contributed by atoms with van der Waals surface area (Å²) in [7, 11) is 0. The molecule has 2 unspecified atom stereocenters. The van der Waals surface area contributed by atoms with E-state index in [-0.39, 0.29) is 28.4 Å². The Morgan fingerprint density at radius 3 is 2.73 bits per heavy atom. The summed E-state index contributed by atoms with van der Waals surface area (Å²) in [5, 5.41) is 18.4. The van der Waals surface area contributed by atoms with E-state index < -0.39 is 29.7 Å². The number of nitrogens with one attached hydrogen (secondary N) is 4. The monoisotopic (exact) mass is 517 g/mol. The van der Waals surface area contributed by atoms with Crippen molar-refractivity contribution < 1.29 is 18.8 Å². The molecule has 1 aromatic heterocycles. The Hall–Kier alpha value is -2.93. The zero-order valence-electron chi connectivity index (χ0n) is 17.9. The van der Waals surface area contributed by atoms with Crippen LogP contribution in [0.2, 0.25) is 0 Å². The molecule has 8 nitrogen and oxygen atoms in total. The molecule has 3 amide bonds. The van der Waals surface area contributed by atoms with Gasteiger partial charge in [0.2, 0.25) is 11.8 Å². The smallest absolute Gasteiger partial charge is 0.268 e. The summed E-state index contributed by atoms with van der Waals surface area (Å²) in [4.78, 5) is 40.8. The van der Waals surface area contributed by atoms with E-state index in [0.29, 0.717) is 36.2 Å². The molecule has 1 aliphatic carbocycles. The van der Waals surface area contributed by atoms with Crippen LogP contribution in [-0.2, 0) is 9.59 Å². The molecule has 0 bridgehead atoms. The van der Waals surface area contributed by atoms with Crippen molar-refractivity contribution in [3.8, 4) is 6.07 Å². The molecule has 4 rings (SSSR count). The first kappa shape index (κ1) is 23.2. The molecule has 0 radical (unpaired) electrons. The van der Waals surface area contributed by atoms with Gasteiger partial charge in [0.25, 0.3) is 5.91 Å². The number of halogens is 2. The number of piperidine rings is 1. The Morgan fingerprint density at radius 2 is 2.03 bits per heavy atom. The lowest BCUT2D eigenvalue weighted by Crippen LogP contribution is -2.50. The molecule has 2 aliphatic rings. The Balaban J connectivity index is 1.44. The van der Waals surface area contributed by atoms with Gasteiger partial charge in [-0.25, -0.2) is 4.39 Å². The molecule has 2 aromatic rings. The number of H-pyrrole nitrogens is 1. The molecule has 1 saturated carbocycles. The Labute approximate surface area is 198 Å². The number of fused-ring (bicyclic) bond motifs is 1. The van der Waals surface area contributed by atoms with Gasteiger partial charge >= 0.3 is 0 Å². The maximum atomic E-state index is 13.8. The molecule has 0 spiro atoms. The van der Waals surface area contributed by atoms with Gasteiger partial charge in [-0.05, 0) is 65.7 Å². The molecular formula is C23H25BrFN5O3. The average Bonchev–Trinajstić information content (AvgIpc) is 3.51. The van der Waals surface area contributed by atoms with Gasteiger partial charge in [-0.2, -0.15) is 5.26 Å². The van der Waals surface area contributed by atoms with Gasteiger partial charge in [0.15, 0.2) is 0 Å². The molecule has 2 heterocycles. The second-order valence-corrected chi connectivity index (χ2v) is 9.56. The largest absolute Gasteiger partial charge is 0.356 e. The number of amides is 3. The number of hydrogen-bond donors (Lipinski definition) is 4. The minimum Gasteiger partial charge on any atom is -0.356 e. The predicted octanol–water partition coefficient (Wildman–Crippen LogP) is 2.89. The van der Waals surface area contributed by atoms with Crippen molar-refractivity contribution in [3.63, 3.8) is 0 Å². The molecule has 4 N–H and O–H groups in total. The maximum absolute atomic E-state index is 13.8. The first-order valence-electron chi connectivity index (χ1n) is 11.1. The number of nitrogens with zero attached hydrogens (tertiary/aromatic N) is 1. The maximum Gasteiger partial charge on any atom is 0.268 e. The number of hydrogen-bond acceptors (Lipinski definition) is 4. The Kier molecular flexibility index (Phi) is 6.98. The van der Waals surface area contributed by atoms with Crippen LogP contribution in [0.3, 0.4) is 0 Å². The van der Waals surface area contributed by atoms with Gasteiger partial charge in [0.1, 0.15) is 23.6 Å². The minimum atomic E-state index is -0.822. The van der Waals surface area contributed by atoms with Gasteiger partial charge in [-0.3, -0.25) is 14.4 Å². The average molecular weight is 518 g/mol. The highest BCUT2D eigenvalue weighted by Gasteiger charge is 2.33. The zero-order chi connectivity index (χ0) is 23.5. The number of aromatic amines is 1. The summed E-state index contributed by atoms with van der Waals surface area (Å²) in [6.07, 6.45) is 4.20. The first-order valence-corrected chi connectivity index (χ1v) is 11.9. The fourth-order valence-electron chi connectivity index (χ4n) is 4.18. The first-order chi connectivity index (χ1) is 15.9. The van der Waals surface area contributed by atoms with Gasteiger partial charge < -0.3 is 20.9 Å². The van der Waals surface area contributed by atoms with Crippen molar-refractivity contribution in [1.29, 1.82) is 5.26 Å². The molecule has 33 heavy (non-hydrogen) atoms. The third-order valence-corrected chi connectivity index (χ3v) is 6.99. The highest BCUT2D eigenvalue weighted by atomic mass is 79.9. The topological polar surface area (TPSA) is 127 Å². The molecule has 1 saturated heterocycles. The number of aromatic nitrogens is 1. The highest BCUT2D eigenvalue weighted by molar-refractivity contribution is 9.10. The lowest BCUT2D eigenvalue weighted by Gasteiger charge is -2.25. The summed E-state index contributed by atoms with van der Waals surface area (Å²) < 4.78 is 14.0. The molecule has 174 valence electrons. The van der Waals surface area contributed by atoms with Crippen LogP contribution < -0.4 is 16.0 Å². The predicted molar refractivity (Wildman–Crippen MR) is 122 cm³/mol. The van der Waals surface area contributed by atoms with Crippen LogP contribution in [0.15, 0.2) is 22.7 Å². The van der Waals surface area contributed by atoms with E-state index in [1.54, 1.807) is 12.1 Å². The summed E-state index contributed by atoms with van der Waals surface area (Å²) >= 11 is 3.18. The number of rotatable bonds is 8. The summed E-state index contributed by atoms with van der Waals surface area (Å²) in [6.45, 7) is 0.630. The fourth-order valence-corrected chi connectivity index (χ4v) is 4.64. The van der Waals surface area contributed by atoms with Gasteiger partial charge in [0.05, 0.1) is 16.1 Å². The molecule has 3 atom stereocenters. The van der Waals surface area contributed by atoms with Crippen LogP contribution in [0, 0.1) is 29.0 Å². The van der Waals surface area contributed by atoms with Crippen molar-refractivity contribution in [2.24, 2.45) is 11.8 Å². The third kappa shape index (κ3) is 5.53. The third-order valence-electron chi connectivity index (χ3n) is 6.21. The van der Waals surface area contributed by atoms with Crippen molar-refractivity contribution in [2.45, 2.75) is 50.6 Å². The second kappa shape index (κ2) is 9.91. The number of nitriles is 1. The van der Waals surface area contributed by atoms with E-state index in [1.807, 2.05) is 0 Å². The van der Waals surface area contributed by atoms with E-state index >= 15 is 0 Å². The standard InChI is InChI=1S/C23H25BrFN5O3/c24-19-16(25)6-5-13-10-18(29-20(13)19)23(33)30-17(8-12-3-4-12)22(32)28-15(11-26)9-14-2-1-7-27-21(14)31/h5-6,10,12,14-15,17,29H,1-4,7-9H2,(H,27,31)(H,28,32)(H,30,33)/t14-,15?,17?/m0/s1. The summed E-state index contributed by atoms with van der Waals surface area (Å²) in [5.41, 5.74) is 0.666. The van der Waals surface area contributed by atoms with Crippen LogP contribution in [0.5, 0.6) is 0 Å². The lowest BCUT2D eigenvalue weighted by molar-refractivity contribution is -0.128. The molecule has 1 aliphatic heterocycles. The van der Waals surface area contributed by atoms with Crippen LogP contribution in [0.1, 0.15) is 49.0 Å². The van der Waals surface area contributed by atoms with Gasteiger partial charge in [-0.1, -0.05) is 12.8 Å². The van der Waals surface area contributed by atoms with Crippen molar-refractivity contribution in [2.75, 3.05) is 6.54 Å². The Bertz CT molecular complexity index is 1120. The van der Waals surface area contributed by atoms with Crippen LogP contribution in [0.4, 0.5) is 4.39 Å². The molecular weight excluding hydrogens is 493 g/mol. The normalized spacial score (nSPS) is 19.9. The molecule has 1 aromatic carbocycles. The van der Waals surface area contributed by atoms with Crippen molar-refractivity contribution in [1.82, 2.24) is 20.9 Å². The lowest BCUT2D eigenvalue weighted by atomic mass is 9.92. The van der Waals surface area contributed by atoms with Gasteiger partial charge in [0, 0.05) is 17.8 Å². The van der Waals surface area contributed by atoms with Crippen LogP contribution in [-0.4, -0.2) is 41.3 Å². The molecule has 2 fully saturated rings. The number of carbonyl (C=O) groups is 3. The van der Waals surface area contributed by atoms with Crippen LogP contribution in [0.25, 0.3) is 10.9 Å². The van der Waals surface area contributed by atoms with Crippen LogP contribution >= 0.6 is 15.9 Å².